The molecule has 8 nitrogen and oxygen atoms in total. The van der Waals surface area contributed by atoms with Crippen molar-refractivity contribution in [3.63, 3.8) is 0 Å². The number of hydrogen-bond acceptors (Lipinski definition) is 5. The van der Waals surface area contributed by atoms with E-state index in [9.17, 15) is 37.1 Å². The summed E-state index contributed by atoms with van der Waals surface area (Å²) < 4.78 is 55.0. The number of nitrogens with zero attached hydrogens (tertiary/aromatic N) is 1. The van der Waals surface area contributed by atoms with Crippen LogP contribution >= 0.6 is 0 Å². The maximum absolute atomic E-state index is 14.5. The molecular formula is C24H22F4N4O4. The van der Waals surface area contributed by atoms with Gasteiger partial charge in [0.2, 0.25) is 11.8 Å². The number of nitrogens with one attached hydrogen (secondary N) is 3. The smallest absolute Gasteiger partial charge is 0.333 e. The first-order chi connectivity index (χ1) is 16.9. The second-order valence-electron chi connectivity index (χ2n) is 8.58. The summed E-state index contributed by atoms with van der Waals surface area (Å²) in [5, 5.41) is 22.0. The number of carbonyl (C=O) groups is 3. The van der Waals surface area contributed by atoms with E-state index >= 15 is 0 Å². The summed E-state index contributed by atoms with van der Waals surface area (Å²) in [4.78, 5) is 39.9. The fourth-order valence-electron chi connectivity index (χ4n) is 3.97. The van der Waals surface area contributed by atoms with Crippen molar-refractivity contribution in [2.75, 3.05) is 0 Å². The molecular weight excluding hydrogens is 484 g/mol. The van der Waals surface area contributed by atoms with Crippen LogP contribution in [-0.2, 0) is 19.8 Å². The minimum Gasteiger partial charge on any atom is -0.478 e. The van der Waals surface area contributed by atoms with E-state index in [-0.39, 0.29) is 54.6 Å². The van der Waals surface area contributed by atoms with E-state index in [4.69, 9.17) is 5.41 Å². The van der Waals surface area contributed by atoms with Gasteiger partial charge in [-0.2, -0.15) is 0 Å². The van der Waals surface area contributed by atoms with Crippen LogP contribution in [0.2, 0.25) is 0 Å². The van der Waals surface area contributed by atoms with Crippen LogP contribution in [0.1, 0.15) is 50.3 Å². The van der Waals surface area contributed by atoms with Crippen molar-refractivity contribution < 1.29 is 37.1 Å². The van der Waals surface area contributed by atoms with Crippen molar-refractivity contribution in [3.8, 4) is 0 Å². The fraction of sp³-hybridized carbons (Fsp3) is 0.292. The van der Waals surface area contributed by atoms with Gasteiger partial charge >= 0.3 is 5.97 Å². The van der Waals surface area contributed by atoms with Crippen molar-refractivity contribution in [2.45, 2.75) is 44.4 Å². The standard InChI is InChI=1S/C24H22F4N4O4/c1-24(15-8-13(26)9-16(27)21(15)28)7-6-14(23(35)36)18(10-24)31-19(33)4-5-20(34)32-22(29)17-3-2-12(25)11-30-17/h2-3,8-9,11H,4-7,10H2,1H3,(H,31,33)(H,35,36)(H2,29,32,34). The molecule has 1 unspecified atom stereocenters. The maximum Gasteiger partial charge on any atom is 0.333 e. The largest absolute Gasteiger partial charge is 0.478 e. The van der Waals surface area contributed by atoms with Gasteiger partial charge in [-0.1, -0.05) is 6.92 Å². The highest BCUT2D eigenvalue weighted by Gasteiger charge is 2.38. The van der Waals surface area contributed by atoms with Crippen molar-refractivity contribution in [1.82, 2.24) is 15.6 Å². The highest BCUT2D eigenvalue weighted by atomic mass is 19.2. The zero-order valence-electron chi connectivity index (χ0n) is 19.1. The zero-order valence-corrected chi connectivity index (χ0v) is 19.1. The van der Waals surface area contributed by atoms with Crippen LogP contribution < -0.4 is 10.6 Å². The van der Waals surface area contributed by atoms with Gasteiger partial charge in [0, 0.05) is 35.6 Å². The number of aromatic nitrogens is 1. The molecule has 4 N–H and O–H groups in total. The first-order valence-electron chi connectivity index (χ1n) is 10.8. The summed E-state index contributed by atoms with van der Waals surface area (Å²) in [7, 11) is 0. The Labute approximate surface area is 202 Å². The molecule has 0 radical (unpaired) electrons. The normalized spacial score (nSPS) is 17.5. The number of pyridine rings is 1. The molecule has 1 aromatic carbocycles. The molecule has 0 fully saturated rings. The Balaban J connectivity index is 1.67. The average Bonchev–Trinajstić information content (AvgIpc) is 2.80. The van der Waals surface area contributed by atoms with Crippen LogP contribution in [0.3, 0.4) is 0 Å². The monoisotopic (exact) mass is 506 g/mol. The van der Waals surface area contributed by atoms with Crippen molar-refractivity contribution >= 4 is 23.6 Å². The molecule has 0 spiro atoms. The van der Waals surface area contributed by atoms with Crippen molar-refractivity contribution in [3.05, 3.63) is 76.3 Å². The lowest BCUT2D eigenvalue weighted by atomic mass is 9.70. The molecule has 1 heterocycles. The minimum absolute atomic E-state index is 0.00738. The average molecular weight is 506 g/mol. The summed E-state index contributed by atoms with van der Waals surface area (Å²) in [6, 6.07) is 3.51. The quantitative estimate of drug-likeness (QED) is 0.198. The van der Waals surface area contributed by atoms with E-state index in [0.29, 0.717) is 6.07 Å². The summed E-state index contributed by atoms with van der Waals surface area (Å²) >= 11 is 0. The summed E-state index contributed by atoms with van der Waals surface area (Å²) in [6.07, 6.45) is -0.123. The zero-order chi connectivity index (χ0) is 26.6. The number of benzene rings is 1. The molecule has 1 aliphatic carbocycles. The molecule has 0 saturated carbocycles. The van der Waals surface area contributed by atoms with Gasteiger partial charge in [0.05, 0.1) is 11.8 Å². The fourth-order valence-corrected chi connectivity index (χ4v) is 3.97. The summed E-state index contributed by atoms with van der Waals surface area (Å²) in [5.74, 6) is -7.37. The Bertz CT molecular complexity index is 1260. The Kier molecular flexibility index (Phi) is 7.86. The Morgan fingerprint density at radius 1 is 1.08 bits per heavy atom. The molecule has 1 aliphatic rings. The molecule has 0 bridgehead atoms. The number of carboxylic acid groups (broad SMARTS) is 1. The van der Waals surface area contributed by atoms with Crippen molar-refractivity contribution in [2.24, 2.45) is 0 Å². The third-order valence-electron chi connectivity index (χ3n) is 5.88. The molecule has 190 valence electrons. The minimum atomic E-state index is -1.38. The van der Waals surface area contributed by atoms with E-state index < -0.39 is 52.3 Å². The molecule has 12 heteroatoms. The van der Waals surface area contributed by atoms with Crippen LogP contribution in [-0.4, -0.2) is 33.7 Å². The van der Waals surface area contributed by atoms with Crippen LogP contribution in [0.15, 0.2) is 41.7 Å². The molecule has 2 aromatic rings. The highest BCUT2D eigenvalue weighted by molar-refractivity contribution is 6.05. The van der Waals surface area contributed by atoms with Gasteiger partial charge in [-0.15, -0.1) is 0 Å². The van der Waals surface area contributed by atoms with Gasteiger partial charge < -0.3 is 15.7 Å². The number of halogens is 4. The molecule has 36 heavy (non-hydrogen) atoms. The number of aliphatic carboxylic acids is 1. The van der Waals surface area contributed by atoms with Gasteiger partial charge in [-0.25, -0.2) is 27.3 Å². The first kappa shape index (κ1) is 26.5. The van der Waals surface area contributed by atoms with Crippen molar-refractivity contribution in [1.29, 1.82) is 5.41 Å². The maximum atomic E-state index is 14.5. The molecule has 0 saturated heterocycles. The predicted octanol–water partition coefficient (Wildman–Crippen LogP) is 3.46. The number of carbonyl (C=O) groups excluding carboxylic acids is 2. The summed E-state index contributed by atoms with van der Waals surface area (Å²) in [6.45, 7) is 1.51. The van der Waals surface area contributed by atoms with Crippen LogP contribution in [0.4, 0.5) is 17.6 Å². The van der Waals surface area contributed by atoms with E-state index in [2.05, 4.69) is 15.6 Å². The lowest BCUT2D eigenvalue weighted by Gasteiger charge is -2.36. The number of rotatable bonds is 7. The first-order valence-corrected chi connectivity index (χ1v) is 10.8. The van der Waals surface area contributed by atoms with Gasteiger partial charge in [0.15, 0.2) is 17.5 Å². The molecule has 1 atom stereocenters. The van der Waals surface area contributed by atoms with Gasteiger partial charge in [-0.3, -0.25) is 15.0 Å². The second kappa shape index (κ2) is 10.7. The SMILES string of the molecule is CC1(c2cc(F)cc(F)c2F)CCC(C(=O)O)=C(NC(=O)CCC(=O)NC(=N)c2ccc(F)cn2)C1. The Morgan fingerprint density at radius 2 is 1.78 bits per heavy atom. The van der Waals surface area contributed by atoms with Gasteiger partial charge in [-0.05, 0) is 37.5 Å². The number of amidine groups is 1. The topological polar surface area (TPSA) is 132 Å². The van der Waals surface area contributed by atoms with Gasteiger partial charge in [0.25, 0.3) is 0 Å². The highest BCUT2D eigenvalue weighted by Crippen LogP contribution is 2.42. The summed E-state index contributed by atoms with van der Waals surface area (Å²) in [5.41, 5.74) is -1.65. The van der Waals surface area contributed by atoms with E-state index in [1.54, 1.807) is 0 Å². The lowest BCUT2D eigenvalue weighted by molar-refractivity contribution is -0.133. The van der Waals surface area contributed by atoms with Gasteiger partial charge in [0.1, 0.15) is 17.3 Å². The third-order valence-corrected chi connectivity index (χ3v) is 5.88. The van der Waals surface area contributed by atoms with Crippen LogP contribution in [0.25, 0.3) is 0 Å². The lowest BCUT2D eigenvalue weighted by Crippen LogP contribution is -2.37. The van der Waals surface area contributed by atoms with E-state index in [1.165, 1.54) is 13.0 Å². The number of hydrogen-bond donors (Lipinski definition) is 4. The molecule has 0 aliphatic heterocycles. The third kappa shape index (κ3) is 6.12. The Morgan fingerprint density at radius 3 is 2.42 bits per heavy atom. The predicted molar refractivity (Wildman–Crippen MR) is 119 cm³/mol. The van der Waals surface area contributed by atoms with Crippen LogP contribution in [0, 0.1) is 28.7 Å². The molecule has 2 amide bonds. The second-order valence-corrected chi connectivity index (χ2v) is 8.58. The number of carboxylic acids is 1. The molecule has 1 aromatic heterocycles. The Hall–Kier alpha value is -4.09. The van der Waals surface area contributed by atoms with E-state index in [0.717, 1.165) is 18.3 Å². The number of amides is 2. The molecule has 3 rings (SSSR count). The number of allylic oxidation sites excluding steroid dienone is 1. The van der Waals surface area contributed by atoms with E-state index in [1.807, 2.05) is 0 Å². The van der Waals surface area contributed by atoms with Crippen LogP contribution in [0.5, 0.6) is 0 Å².